The third-order valence-corrected chi connectivity index (χ3v) is 18.6. The highest BCUT2D eigenvalue weighted by molar-refractivity contribution is 5.91. The molecule has 0 aliphatic carbocycles. The van der Waals surface area contributed by atoms with Gasteiger partial charge in [0.1, 0.15) is 34.5 Å². The van der Waals surface area contributed by atoms with E-state index in [2.05, 4.69) is 128 Å². The fourth-order valence-corrected chi connectivity index (χ4v) is 12.3. The van der Waals surface area contributed by atoms with E-state index >= 15 is 0 Å². The Balaban J connectivity index is 1.24. The Kier molecular flexibility index (Phi) is 34.4. The Labute approximate surface area is 649 Å². The van der Waals surface area contributed by atoms with Gasteiger partial charge in [0, 0.05) is 57.6 Å². The third-order valence-electron chi connectivity index (χ3n) is 18.6. The summed E-state index contributed by atoms with van der Waals surface area (Å²) in [6, 6.07) is 35.2. The van der Waals surface area contributed by atoms with Crippen LogP contribution < -0.4 is 28.4 Å². The number of esters is 6. The quantitative estimate of drug-likeness (QED) is 0.0116. The minimum atomic E-state index is -0.520. The molecule has 1 atom stereocenters. The number of aryl methyl sites for hydroxylation is 3. The van der Waals surface area contributed by atoms with Crippen molar-refractivity contribution in [1.29, 1.82) is 0 Å². The molecule has 0 radical (unpaired) electrons. The summed E-state index contributed by atoms with van der Waals surface area (Å²) in [5.74, 6) is 0.640. The second-order valence-corrected chi connectivity index (χ2v) is 31.6. The monoisotopic (exact) mass is 1490 g/mol. The Morgan fingerprint density at radius 1 is 0.358 bits per heavy atom. The number of carbonyl (C=O) groups is 6. The molecule has 6 aromatic rings. The Morgan fingerprint density at radius 3 is 0.862 bits per heavy atom. The third kappa shape index (κ3) is 29.8. The molecule has 15 nitrogen and oxygen atoms in total. The minimum Gasteiger partial charge on any atom is -0.494 e. The number of hydrogen-bond acceptors (Lipinski definition) is 15. The number of unbranched alkanes of at least 4 members (excludes halogenated alkanes) is 9. The maximum Gasteiger partial charge on any atom is 0.336 e. The van der Waals surface area contributed by atoms with Crippen LogP contribution >= 0.6 is 0 Å². The predicted molar refractivity (Wildman–Crippen MR) is 437 cm³/mol. The second-order valence-electron chi connectivity index (χ2n) is 31.6. The molecule has 0 aliphatic rings. The highest BCUT2D eigenvalue weighted by atomic mass is 16.6. The van der Waals surface area contributed by atoms with E-state index < -0.39 is 34.2 Å². The lowest BCUT2D eigenvalue weighted by atomic mass is 9.74. The summed E-state index contributed by atoms with van der Waals surface area (Å²) in [5.41, 5.74) is 10.8. The van der Waals surface area contributed by atoms with Crippen molar-refractivity contribution in [1.82, 2.24) is 0 Å². The van der Waals surface area contributed by atoms with E-state index in [-0.39, 0.29) is 29.7 Å². The van der Waals surface area contributed by atoms with Gasteiger partial charge in [-0.25, -0.2) is 28.8 Å². The second kappa shape index (κ2) is 42.7. The molecule has 6 aromatic carbocycles. The molecule has 0 saturated heterocycles. The molecule has 0 aromatic heterocycles. The van der Waals surface area contributed by atoms with E-state index in [1.807, 2.05) is 91.0 Å². The fourth-order valence-electron chi connectivity index (χ4n) is 12.3. The van der Waals surface area contributed by atoms with E-state index in [0.29, 0.717) is 80.0 Å². The summed E-state index contributed by atoms with van der Waals surface area (Å²) >= 11 is 0. The van der Waals surface area contributed by atoms with E-state index in [9.17, 15) is 28.8 Å². The maximum atomic E-state index is 14.0. The van der Waals surface area contributed by atoms with Crippen LogP contribution in [0.5, 0.6) is 34.5 Å². The van der Waals surface area contributed by atoms with Crippen LogP contribution in [0.1, 0.15) is 252 Å². The van der Waals surface area contributed by atoms with Crippen molar-refractivity contribution in [2.45, 2.75) is 222 Å². The van der Waals surface area contributed by atoms with Gasteiger partial charge in [0.25, 0.3) is 0 Å². The lowest BCUT2D eigenvalue weighted by Gasteiger charge is -2.32. The summed E-state index contributed by atoms with van der Waals surface area (Å²) in [6.45, 7) is 46.0. The summed E-state index contributed by atoms with van der Waals surface area (Å²) in [5, 5.41) is 0. The van der Waals surface area contributed by atoms with Crippen LogP contribution in [-0.2, 0) is 59.2 Å². The van der Waals surface area contributed by atoms with Crippen LogP contribution in [-0.4, -0.2) is 75.5 Å². The van der Waals surface area contributed by atoms with Crippen LogP contribution in [0, 0.1) is 20.8 Å². The smallest absolute Gasteiger partial charge is 0.336 e. The van der Waals surface area contributed by atoms with Crippen LogP contribution in [0.2, 0.25) is 0 Å². The lowest BCUT2D eigenvalue weighted by molar-refractivity contribution is -0.139. The SMILES string of the molecule is C=C(C)C(=O)OCCCCCCOc1ccc(/C=C/C(=O)Oc2cc(C)c(C(C)CC(c3cc(C(C)(C)C)c(OC(=O)/C=C/c4ccc(OCCCCCCOC(=O)C(=C)C)cc4)cc3C)c3cc(C(C)(C)C)c(OC(=O)/C=C/c4ccc(OCCCCCCOC(=O)C(=C)C)cc4)cc3C)cc2C(C)(C)C)cc1. The molecule has 0 bridgehead atoms. The zero-order valence-corrected chi connectivity index (χ0v) is 67.7. The van der Waals surface area contributed by atoms with Crippen molar-refractivity contribution in [2.75, 3.05) is 39.6 Å². The topological polar surface area (TPSA) is 185 Å². The standard InChI is InChI=1S/C94H118O15/c1-63(2)89(98)104-53-29-23-20-26-50-101-73-41-32-70(33-42-73)38-47-86(95)107-83-57-67(8)76(60-80(83)92(11,12)13)66(7)56-79(77-61-81(93(14,15)16)84(58-68(77)9)108-87(96)48-39-71-34-43-74(44-35-71)102-51-27-21-24-30-54-105-90(99)64(3)4)78-62-82(94(17,18)19)85(59-69(78)10)109-88(97)49-40-72-36-45-75(46-37-72)103-52-28-22-25-31-55-106-91(100)65(5)6/h32-49,57-62,66,79H,1,3,5,20-31,50-56H2,2,4,6-19H3/b47-38+,48-39+,49-40+. The van der Waals surface area contributed by atoms with Crippen molar-refractivity contribution in [2.24, 2.45) is 0 Å². The molecule has 15 heteroatoms. The van der Waals surface area contributed by atoms with Crippen molar-refractivity contribution in [3.8, 4) is 34.5 Å². The Hall–Kier alpha value is -10.0. The summed E-state index contributed by atoms with van der Waals surface area (Å²) in [7, 11) is 0. The number of rotatable bonds is 41. The van der Waals surface area contributed by atoms with Gasteiger partial charge in [-0.15, -0.1) is 0 Å². The van der Waals surface area contributed by atoms with E-state index in [1.54, 1.807) is 39.0 Å². The first-order chi connectivity index (χ1) is 51.6. The van der Waals surface area contributed by atoms with Crippen LogP contribution in [0.4, 0.5) is 0 Å². The van der Waals surface area contributed by atoms with Crippen LogP contribution in [0.15, 0.2) is 164 Å². The highest BCUT2D eigenvalue weighted by Gasteiger charge is 2.32. The van der Waals surface area contributed by atoms with Crippen molar-refractivity contribution < 1.29 is 71.4 Å². The van der Waals surface area contributed by atoms with Crippen LogP contribution in [0.3, 0.4) is 0 Å². The minimum absolute atomic E-state index is 0.0697. The first-order valence-corrected chi connectivity index (χ1v) is 38.4. The number of ether oxygens (including phenoxy) is 9. The molecule has 0 aliphatic heterocycles. The van der Waals surface area contributed by atoms with Crippen molar-refractivity contribution >= 4 is 54.0 Å². The van der Waals surface area contributed by atoms with Gasteiger partial charge in [-0.2, -0.15) is 0 Å². The average molecular weight is 1490 g/mol. The molecule has 0 spiro atoms. The summed E-state index contributed by atoms with van der Waals surface area (Å²) in [4.78, 5) is 76.6. The number of carbonyl (C=O) groups excluding carboxylic acids is 6. The average Bonchev–Trinajstić information content (AvgIpc) is 0.763. The summed E-state index contributed by atoms with van der Waals surface area (Å²) < 4.78 is 52.4. The molecular weight excluding hydrogens is 1370 g/mol. The molecular formula is C94H118O15. The van der Waals surface area contributed by atoms with Gasteiger partial charge >= 0.3 is 35.8 Å². The van der Waals surface area contributed by atoms with Gasteiger partial charge in [-0.3, -0.25) is 0 Å². The fraction of sp³-hybridized carbons (Fsp3) is 0.426. The van der Waals surface area contributed by atoms with Gasteiger partial charge in [0.2, 0.25) is 0 Å². The Morgan fingerprint density at radius 2 is 0.606 bits per heavy atom. The summed E-state index contributed by atoms with van der Waals surface area (Å²) in [6.07, 6.45) is 20.7. The molecule has 0 N–H and O–H groups in total. The molecule has 584 valence electrons. The van der Waals surface area contributed by atoms with Gasteiger partial charge < -0.3 is 42.6 Å². The Bertz CT molecular complexity index is 4000. The molecule has 0 amide bonds. The lowest BCUT2D eigenvalue weighted by Crippen LogP contribution is -2.20. The van der Waals surface area contributed by atoms with E-state index in [1.165, 1.54) is 18.2 Å². The van der Waals surface area contributed by atoms with Gasteiger partial charge in [0.15, 0.2) is 0 Å². The maximum absolute atomic E-state index is 14.0. The molecule has 6 rings (SSSR count). The van der Waals surface area contributed by atoms with Crippen molar-refractivity contribution in [3.63, 3.8) is 0 Å². The van der Waals surface area contributed by atoms with E-state index in [4.69, 9.17) is 42.6 Å². The largest absolute Gasteiger partial charge is 0.494 e. The zero-order valence-electron chi connectivity index (χ0n) is 67.7. The van der Waals surface area contributed by atoms with Gasteiger partial charge in [-0.05, 0) is 270 Å². The predicted octanol–water partition coefficient (Wildman–Crippen LogP) is 21.9. The molecule has 0 heterocycles. The number of benzene rings is 6. The molecule has 0 fully saturated rings. The highest BCUT2D eigenvalue weighted by Crippen LogP contribution is 2.47. The zero-order chi connectivity index (χ0) is 80.0. The first-order valence-electron chi connectivity index (χ1n) is 38.4. The van der Waals surface area contributed by atoms with E-state index in [0.717, 1.165) is 161 Å². The normalized spacial score (nSPS) is 12.1. The van der Waals surface area contributed by atoms with Gasteiger partial charge in [-0.1, -0.05) is 144 Å². The van der Waals surface area contributed by atoms with Crippen LogP contribution in [0.25, 0.3) is 18.2 Å². The molecule has 1 unspecified atom stereocenters. The van der Waals surface area contributed by atoms with Gasteiger partial charge in [0.05, 0.1) is 39.6 Å². The van der Waals surface area contributed by atoms with Crippen molar-refractivity contribution in [3.05, 3.63) is 231 Å². The first kappa shape index (κ1) is 87.9. The molecule has 0 saturated carbocycles. The number of hydrogen-bond donors (Lipinski definition) is 0. The molecule has 109 heavy (non-hydrogen) atoms.